The topological polar surface area (TPSA) is 349 Å². The molecule has 31 nitrogen and oxygen atoms in total. The highest BCUT2D eigenvalue weighted by molar-refractivity contribution is 7.92. The van der Waals surface area contributed by atoms with Crippen LogP contribution in [0.4, 0.5) is 23.3 Å². The van der Waals surface area contributed by atoms with E-state index in [9.17, 15) is 30.0 Å². The largest absolute Gasteiger partial charge is 0.390 e. The Hall–Kier alpha value is -9.06. The van der Waals surface area contributed by atoms with E-state index in [-0.39, 0.29) is 60.6 Å². The molecule has 4 aliphatic rings. The van der Waals surface area contributed by atoms with Gasteiger partial charge in [-0.25, -0.2) is 89.5 Å². The van der Waals surface area contributed by atoms with Gasteiger partial charge < -0.3 is 43.7 Å². The molecule has 0 bridgehead atoms. The summed E-state index contributed by atoms with van der Waals surface area (Å²) in [6.07, 6.45) is 2.34. The normalized spacial score (nSPS) is 17.2. The summed E-state index contributed by atoms with van der Waals surface area (Å²) in [7, 11) is -6.76. The van der Waals surface area contributed by atoms with Crippen molar-refractivity contribution in [1.29, 1.82) is 0 Å². The highest BCUT2D eigenvalue weighted by Crippen LogP contribution is 2.29. The Labute approximate surface area is 682 Å². The summed E-state index contributed by atoms with van der Waals surface area (Å²) in [6.45, 7) is 51.0. The fourth-order valence-corrected chi connectivity index (χ4v) is 14.4. The predicted octanol–water partition coefficient (Wildman–Crippen LogP) is 11.6. The first kappa shape index (κ1) is 94.5. The molecule has 3 aromatic carbocycles. The van der Waals surface area contributed by atoms with Crippen LogP contribution in [0.2, 0.25) is 21.1 Å². The van der Waals surface area contributed by atoms with Gasteiger partial charge in [-0.05, 0) is 138 Å². The van der Waals surface area contributed by atoms with Crippen LogP contribution in [0, 0.1) is 47.4 Å². The number of hydrogen-bond donors (Lipinski definition) is 1. The van der Waals surface area contributed by atoms with E-state index in [0.29, 0.717) is 82.4 Å². The van der Waals surface area contributed by atoms with E-state index in [1.807, 2.05) is 67.6 Å². The van der Waals surface area contributed by atoms with Crippen molar-refractivity contribution >= 4 is 112 Å². The first-order valence-electron chi connectivity index (χ1n) is 35.6. The summed E-state index contributed by atoms with van der Waals surface area (Å²) in [5.41, 5.74) is 6.95. The molecule has 2 unspecified atom stereocenters. The van der Waals surface area contributed by atoms with E-state index >= 15 is 0 Å². The maximum absolute atomic E-state index is 11.7. The SMILES string of the molecule is CC.CN=Cc1cc(N2CCOC[C@H]2C)nc(Cl)n1.C[C@@H]1COCCN1c1cc(C=O)nc(Cl)n1.C[C@@H]1COCCN1c1cc(CO)nc(Cl)n1.Cc1nnn(C)c1-c1cc(N2CCOC[C@H]2C)nc(Cl)n1.[C-]#[N+]C(C)S(=O)(=O)c1ccc(C)cc1.[C-]#[N+]C(C)S(=O)(=O)c1ccc(C)cc1.[C-]#[N+]CS(=O)(=O)c1ccc(C)cc1. The van der Waals surface area contributed by atoms with E-state index < -0.39 is 46.1 Å². The van der Waals surface area contributed by atoms with Gasteiger partial charge in [-0.15, -0.1) is 5.10 Å². The summed E-state index contributed by atoms with van der Waals surface area (Å²) in [5.74, 6) is 2.59. The number of rotatable bonds is 14. The number of morpholine rings is 4. The average Bonchev–Trinajstić information content (AvgIpc) is 1.78. The monoisotopic (exact) mass is 1690 g/mol. The number of carbonyl (C=O) groups is 1. The maximum atomic E-state index is 11.7. The van der Waals surface area contributed by atoms with Crippen LogP contribution in [-0.4, -0.2) is 225 Å². The van der Waals surface area contributed by atoms with E-state index in [2.05, 4.69) is 110 Å². The van der Waals surface area contributed by atoms with Crippen LogP contribution in [0.15, 0.2) is 117 Å². The van der Waals surface area contributed by atoms with Crippen LogP contribution in [0.1, 0.15) is 99.7 Å². The molecule has 0 radical (unpaired) electrons. The van der Waals surface area contributed by atoms with Crippen molar-refractivity contribution in [3.05, 3.63) is 192 Å². The Kier molecular flexibility index (Phi) is 38.8. The number of aliphatic hydroxyl groups is 1. The van der Waals surface area contributed by atoms with Crippen molar-refractivity contribution in [2.24, 2.45) is 12.0 Å². The van der Waals surface area contributed by atoms with E-state index in [1.165, 1.54) is 50.2 Å². The summed E-state index contributed by atoms with van der Waals surface area (Å²) in [5, 5.41) is 15.8. The fourth-order valence-electron chi connectivity index (χ4n) is 10.7. The van der Waals surface area contributed by atoms with E-state index in [0.717, 1.165) is 83.1 Å². The Morgan fingerprint density at radius 1 is 0.531 bits per heavy atom. The zero-order chi connectivity index (χ0) is 83.8. The van der Waals surface area contributed by atoms with Crippen LogP contribution in [0.3, 0.4) is 0 Å². The Balaban J connectivity index is 0.000000236. The zero-order valence-corrected chi connectivity index (χ0v) is 70.9. The van der Waals surface area contributed by atoms with Crippen LogP contribution in [0.25, 0.3) is 25.9 Å². The number of nitrogens with zero attached hydrogens (tertiary/aromatic N) is 19. The van der Waals surface area contributed by atoms with Gasteiger partial charge >= 0.3 is 16.6 Å². The lowest BCUT2D eigenvalue weighted by molar-refractivity contribution is 0.0984. The quantitative estimate of drug-likeness (QED) is 0.0457. The molecule has 0 aliphatic carbocycles. The van der Waals surface area contributed by atoms with Crippen LogP contribution in [-0.2, 0) is 62.1 Å². The number of aliphatic imine (C=N–C) groups is 1. The first-order valence-corrected chi connectivity index (χ1v) is 41.8. The standard InChI is InChI=1S/C13H17ClN6O.C11H15ClN4O.C10H14ClN3O2.C10H12ClN3O2.2C10H11NO2S.C9H9NO2S.C2H6/c1-8-7-21-5-4-20(8)11-6-10(15-13(14)16-11)12-9(2)17-18-19(12)3;1-8-7-17-4-3-16(8)10-5-9(6-13-2)14-11(12)15-10;2*1-7-6-16-3-2-14(7)9-4-8(5-15)12-10(11)13-9;2*1-8-4-6-10(7-5-8)14(12,13)9(2)11-3;1-8-3-5-9(6-4-8)13(11,12)7-10-2;1-2/h6,8H,4-5,7H2,1-3H3;5-6,8H,3-4,7H2,1-2H3;4,7,15H,2-3,5-6H2,1H3;4-5,7H,2-3,6H2,1H3;2*4-7,9H,1-2H3;3-6H,7H2,1H3;1-2H3/t2*8-;2*7-;;;;/m1111..../s1. The lowest BCUT2D eigenvalue weighted by Crippen LogP contribution is -2.44. The number of anilines is 4. The molecule has 113 heavy (non-hydrogen) atoms. The Morgan fingerprint density at radius 3 is 1.21 bits per heavy atom. The molecule has 9 heterocycles. The minimum atomic E-state index is -3.46. The molecular weight excluding hydrogens is 1600 g/mol. The van der Waals surface area contributed by atoms with Crippen molar-refractivity contribution in [1.82, 2.24) is 54.9 Å². The third-order valence-electron chi connectivity index (χ3n) is 16.8. The molecule has 0 spiro atoms. The smallest absolute Gasteiger partial charge is 0.322 e. The summed E-state index contributed by atoms with van der Waals surface area (Å²) >= 11 is 23.6. The highest BCUT2D eigenvalue weighted by Gasteiger charge is 2.30. The van der Waals surface area contributed by atoms with Gasteiger partial charge in [0.05, 0.1) is 121 Å². The van der Waals surface area contributed by atoms with Crippen LogP contribution in [0.5, 0.6) is 0 Å². The molecule has 5 aromatic heterocycles. The zero-order valence-electron chi connectivity index (χ0n) is 65.4. The summed E-state index contributed by atoms with van der Waals surface area (Å²) in [4.78, 5) is 65.7. The van der Waals surface area contributed by atoms with E-state index in [4.69, 9.17) is 90.2 Å². The molecule has 0 amide bonds. The Morgan fingerprint density at radius 2 is 0.876 bits per heavy atom. The number of sulfone groups is 3. The van der Waals surface area contributed by atoms with E-state index in [1.54, 1.807) is 66.5 Å². The average molecular weight is 1690 g/mol. The molecule has 4 saturated heterocycles. The predicted molar refractivity (Wildman–Crippen MR) is 438 cm³/mol. The molecule has 38 heteroatoms. The van der Waals surface area contributed by atoms with Gasteiger partial charge in [-0.3, -0.25) is 24.3 Å². The van der Waals surface area contributed by atoms with Gasteiger partial charge in [-0.1, -0.05) is 72.1 Å². The van der Waals surface area contributed by atoms with Gasteiger partial charge in [-0.2, -0.15) is 0 Å². The number of aryl methyl sites for hydroxylation is 5. The van der Waals surface area contributed by atoms with Gasteiger partial charge in [0.1, 0.15) is 34.7 Å². The van der Waals surface area contributed by atoms with Crippen molar-refractivity contribution in [3.8, 4) is 11.4 Å². The van der Waals surface area contributed by atoms with Crippen molar-refractivity contribution in [3.63, 3.8) is 0 Å². The molecule has 8 aromatic rings. The number of aldehydes is 1. The van der Waals surface area contributed by atoms with Crippen LogP contribution < -0.4 is 19.6 Å². The Bertz CT molecular complexity index is 4800. The minimum Gasteiger partial charge on any atom is -0.390 e. The summed E-state index contributed by atoms with van der Waals surface area (Å²) in [6, 6.07) is 27.8. The fraction of sp³-hybridized carbons (Fsp3) is 0.453. The summed E-state index contributed by atoms with van der Waals surface area (Å²) < 4.78 is 92.5. The number of carbonyl (C=O) groups excluding carboxylic acids is 1. The van der Waals surface area contributed by atoms with Gasteiger partial charge in [0.15, 0.2) is 6.29 Å². The second-order valence-corrected chi connectivity index (χ2v) is 33.2. The van der Waals surface area contributed by atoms with Crippen LogP contribution >= 0.6 is 46.4 Å². The molecule has 1 N–H and O–H groups in total. The number of benzene rings is 3. The lowest BCUT2D eigenvalue weighted by atomic mass is 10.2. The maximum Gasteiger partial charge on any atom is 0.322 e. The molecule has 12 rings (SSSR count). The number of aromatic nitrogens is 11. The third kappa shape index (κ3) is 28.8. The molecule has 4 aliphatic heterocycles. The number of halogens is 4. The highest BCUT2D eigenvalue weighted by atomic mass is 35.5. The number of ether oxygens (including phenoxy) is 4. The van der Waals surface area contributed by atoms with Crippen molar-refractivity contribution in [2.75, 3.05) is 112 Å². The van der Waals surface area contributed by atoms with Gasteiger partial charge in [0.2, 0.25) is 21.1 Å². The molecule has 608 valence electrons. The molecule has 0 saturated carbocycles. The number of aliphatic hydroxyl groups excluding tert-OH is 1. The third-order valence-corrected chi connectivity index (χ3v) is 22.8. The second-order valence-electron chi connectivity index (χ2n) is 25.4. The minimum absolute atomic E-state index is 0.0956. The van der Waals surface area contributed by atoms with Crippen molar-refractivity contribution < 1.29 is 54.1 Å². The molecule has 6 atom stereocenters. The van der Waals surface area contributed by atoms with Crippen molar-refractivity contribution in [2.45, 2.75) is 139 Å². The van der Waals surface area contributed by atoms with Gasteiger partial charge in [0, 0.05) is 84.6 Å². The number of hydrogen-bond acceptors (Lipinski definition) is 27. The first-order chi connectivity index (χ1) is 53.7. The second kappa shape index (κ2) is 46.3. The van der Waals surface area contributed by atoms with Gasteiger partial charge in [0.25, 0.3) is 29.5 Å². The molecular formula is C75H95Cl4N19O12S3. The molecule has 4 fully saturated rings. The lowest BCUT2D eigenvalue weighted by Gasteiger charge is -2.34.